The van der Waals surface area contributed by atoms with Crippen LogP contribution in [0.4, 0.5) is 10.8 Å². The van der Waals surface area contributed by atoms with Gasteiger partial charge in [-0.15, -0.1) is 0 Å². The van der Waals surface area contributed by atoms with Crippen molar-refractivity contribution in [2.24, 2.45) is 0 Å². The summed E-state index contributed by atoms with van der Waals surface area (Å²) in [5.41, 5.74) is 0.166. The van der Waals surface area contributed by atoms with E-state index in [1.54, 1.807) is 0 Å². The van der Waals surface area contributed by atoms with Crippen molar-refractivity contribution in [3.05, 3.63) is 46.0 Å². The predicted octanol–water partition coefficient (Wildman–Crippen LogP) is 3.60. The van der Waals surface area contributed by atoms with Crippen molar-refractivity contribution < 1.29 is 28.7 Å². The standard InChI is InChI=1S/C24H28N4O7S/c1-4-35-18-6-5-7-21-22(18)25-24(36-21)27(9-8-26-10-12-34-13-11-26)23(29)16-14-19(32-2)20(33-3)15-17(16)28(30)31/h5-7,14-15H,4,8-13H2,1-3H3. The highest BCUT2D eigenvalue weighted by atomic mass is 32.1. The molecule has 12 heteroatoms. The number of carbonyl (C=O) groups excluding carboxylic acids is 1. The molecule has 0 N–H and O–H groups in total. The van der Waals surface area contributed by atoms with E-state index in [2.05, 4.69) is 4.90 Å². The molecule has 1 fully saturated rings. The number of morpholine rings is 1. The van der Waals surface area contributed by atoms with Gasteiger partial charge in [0.2, 0.25) is 0 Å². The predicted molar refractivity (Wildman–Crippen MR) is 136 cm³/mol. The number of ether oxygens (including phenoxy) is 4. The van der Waals surface area contributed by atoms with Gasteiger partial charge in [-0.3, -0.25) is 24.7 Å². The minimum atomic E-state index is -0.596. The van der Waals surface area contributed by atoms with E-state index in [-0.39, 0.29) is 29.3 Å². The number of carbonyl (C=O) groups is 1. The van der Waals surface area contributed by atoms with Gasteiger partial charge in [-0.1, -0.05) is 17.4 Å². The molecule has 1 aliphatic rings. The first-order chi connectivity index (χ1) is 17.5. The van der Waals surface area contributed by atoms with E-state index in [0.717, 1.165) is 17.8 Å². The maximum atomic E-state index is 13.9. The van der Waals surface area contributed by atoms with Crippen molar-refractivity contribution in [3.8, 4) is 17.2 Å². The maximum Gasteiger partial charge on any atom is 0.286 e. The van der Waals surface area contributed by atoms with Crippen LogP contribution in [0.15, 0.2) is 30.3 Å². The van der Waals surface area contributed by atoms with Crippen LogP contribution in [-0.2, 0) is 4.74 Å². The molecule has 11 nitrogen and oxygen atoms in total. The molecular formula is C24H28N4O7S. The summed E-state index contributed by atoms with van der Waals surface area (Å²) in [6.07, 6.45) is 0. The molecule has 192 valence electrons. The van der Waals surface area contributed by atoms with Crippen molar-refractivity contribution in [1.29, 1.82) is 0 Å². The molecule has 1 aliphatic heterocycles. The lowest BCUT2D eigenvalue weighted by atomic mass is 10.1. The molecule has 36 heavy (non-hydrogen) atoms. The van der Waals surface area contributed by atoms with Gasteiger partial charge >= 0.3 is 0 Å². The Hall–Kier alpha value is -3.48. The minimum Gasteiger partial charge on any atom is -0.493 e. The fourth-order valence-electron chi connectivity index (χ4n) is 3.99. The molecule has 1 saturated heterocycles. The quantitative estimate of drug-likeness (QED) is 0.294. The molecule has 0 radical (unpaired) electrons. The van der Waals surface area contributed by atoms with Gasteiger partial charge in [0.15, 0.2) is 16.6 Å². The number of nitro benzene ring substituents is 1. The molecule has 2 aromatic carbocycles. The number of nitrogens with zero attached hydrogens (tertiary/aromatic N) is 4. The van der Waals surface area contributed by atoms with Gasteiger partial charge in [0.25, 0.3) is 11.6 Å². The van der Waals surface area contributed by atoms with Crippen LogP contribution < -0.4 is 19.1 Å². The van der Waals surface area contributed by atoms with Crippen LogP contribution in [0.25, 0.3) is 10.2 Å². The number of rotatable bonds is 10. The van der Waals surface area contributed by atoms with E-state index in [9.17, 15) is 14.9 Å². The average Bonchev–Trinajstić information content (AvgIpc) is 3.33. The van der Waals surface area contributed by atoms with Crippen molar-refractivity contribution in [2.45, 2.75) is 6.92 Å². The Kier molecular flexibility index (Phi) is 8.18. The number of methoxy groups -OCH3 is 2. The Morgan fingerprint density at radius 3 is 2.58 bits per heavy atom. The maximum absolute atomic E-state index is 13.9. The van der Waals surface area contributed by atoms with E-state index in [0.29, 0.717) is 42.8 Å². The second-order valence-corrected chi connectivity index (χ2v) is 8.93. The summed E-state index contributed by atoms with van der Waals surface area (Å²) in [6, 6.07) is 8.16. The Morgan fingerprint density at radius 1 is 1.19 bits per heavy atom. The Morgan fingerprint density at radius 2 is 1.92 bits per heavy atom. The van der Waals surface area contributed by atoms with E-state index in [1.165, 1.54) is 42.6 Å². The third-order valence-electron chi connectivity index (χ3n) is 5.82. The number of aromatic nitrogens is 1. The van der Waals surface area contributed by atoms with Crippen molar-refractivity contribution in [1.82, 2.24) is 9.88 Å². The highest BCUT2D eigenvalue weighted by Gasteiger charge is 2.31. The van der Waals surface area contributed by atoms with Crippen LogP contribution in [0.2, 0.25) is 0 Å². The summed E-state index contributed by atoms with van der Waals surface area (Å²) < 4.78 is 22.5. The molecule has 0 atom stereocenters. The molecule has 3 aromatic rings. The lowest BCUT2D eigenvalue weighted by Crippen LogP contribution is -2.43. The van der Waals surface area contributed by atoms with Crippen LogP contribution in [0.3, 0.4) is 0 Å². The van der Waals surface area contributed by atoms with E-state index >= 15 is 0 Å². The number of hydrogen-bond acceptors (Lipinski definition) is 10. The molecule has 0 saturated carbocycles. The Labute approximate surface area is 212 Å². The average molecular weight is 517 g/mol. The van der Waals surface area contributed by atoms with Crippen molar-refractivity contribution in [2.75, 3.05) is 65.1 Å². The Balaban J connectivity index is 1.77. The molecule has 4 rings (SSSR count). The largest absolute Gasteiger partial charge is 0.493 e. The second kappa shape index (κ2) is 11.5. The van der Waals surface area contributed by atoms with Crippen LogP contribution in [-0.4, -0.2) is 80.9 Å². The van der Waals surface area contributed by atoms with Gasteiger partial charge in [-0.2, -0.15) is 0 Å². The number of nitro groups is 1. The second-order valence-electron chi connectivity index (χ2n) is 7.92. The van der Waals surface area contributed by atoms with E-state index < -0.39 is 10.8 Å². The summed E-state index contributed by atoms with van der Waals surface area (Å²) in [5, 5.41) is 12.3. The third kappa shape index (κ3) is 5.35. The van der Waals surface area contributed by atoms with Gasteiger partial charge in [0, 0.05) is 32.2 Å². The highest BCUT2D eigenvalue weighted by molar-refractivity contribution is 7.22. The molecular weight excluding hydrogens is 488 g/mol. The number of amides is 1. The lowest BCUT2D eigenvalue weighted by molar-refractivity contribution is -0.385. The first-order valence-corrected chi connectivity index (χ1v) is 12.3. The molecule has 0 spiro atoms. The van der Waals surface area contributed by atoms with Crippen LogP contribution in [0.1, 0.15) is 17.3 Å². The van der Waals surface area contributed by atoms with E-state index in [4.69, 9.17) is 23.9 Å². The zero-order chi connectivity index (χ0) is 25.7. The number of para-hydroxylation sites is 1. The fourth-order valence-corrected chi connectivity index (χ4v) is 4.99. The van der Waals surface area contributed by atoms with E-state index in [1.807, 2.05) is 25.1 Å². The van der Waals surface area contributed by atoms with Crippen LogP contribution in [0.5, 0.6) is 17.2 Å². The zero-order valence-corrected chi connectivity index (χ0v) is 21.2. The van der Waals surface area contributed by atoms with Gasteiger partial charge < -0.3 is 18.9 Å². The molecule has 2 heterocycles. The zero-order valence-electron chi connectivity index (χ0n) is 20.4. The fraction of sp³-hybridized carbons (Fsp3) is 0.417. The first kappa shape index (κ1) is 25.6. The lowest BCUT2D eigenvalue weighted by Gasteiger charge is -2.29. The van der Waals surface area contributed by atoms with Crippen LogP contribution in [0, 0.1) is 10.1 Å². The third-order valence-corrected chi connectivity index (χ3v) is 6.86. The first-order valence-electron chi connectivity index (χ1n) is 11.5. The number of benzene rings is 2. The van der Waals surface area contributed by atoms with Crippen molar-refractivity contribution >= 4 is 38.3 Å². The highest BCUT2D eigenvalue weighted by Crippen LogP contribution is 2.38. The number of thiazole rings is 1. The monoisotopic (exact) mass is 516 g/mol. The number of anilines is 1. The summed E-state index contributed by atoms with van der Waals surface area (Å²) in [7, 11) is 2.80. The summed E-state index contributed by atoms with van der Waals surface area (Å²) in [4.78, 5) is 33.6. The molecule has 1 amide bonds. The van der Waals surface area contributed by atoms with Gasteiger partial charge in [0.05, 0.1) is 49.7 Å². The molecule has 0 unspecified atom stereocenters. The molecule has 0 aliphatic carbocycles. The summed E-state index contributed by atoms with van der Waals surface area (Å²) in [6.45, 7) is 5.93. The topological polar surface area (TPSA) is 117 Å². The number of hydrogen-bond donors (Lipinski definition) is 0. The molecule has 0 bridgehead atoms. The molecule has 1 aromatic heterocycles. The van der Waals surface area contributed by atoms with Gasteiger partial charge in [-0.25, -0.2) is 4.98 Å². The SMILES string of the molecule is CCOc1cccc2sc(N(CCN3CCOCC3)C(=O)c3cc(OC)c(OC)cc3[N+](=O)[O-])nc12. The summed E-state index contributed by atoms with van der Waals surface area (Å²) in [5.74, 6) is 0.465. The van der Waals surface area contributed by atoms with Crippen molar-refractivity contribution in [3.63, 3.8) is 0 Å². The normalized spacial score (nSPS) is 14.0. The number of fused-ring (bicyclic) bond motifs is 1. The van der Waals surface area contributed by atoms with Gasteiger partial charge in [0.1, 0.15) is 16.8 Å². The Bertz CT molecular complexity index is 1240. The van der Waals surface area contributed by atoms with Crippen LogP contribution >= 0.6 is 11.3 Å². The summed E-state index contributed by atoms with van der Waals surface area (Å²) >= 11 is 1.33. The minimum absolute atomic E-state index is 0.107. The van der Waals surface area contributed by atoms with Gasteiger partial charge in [-0.05, 0) is 19.1 Å². The smallest absolute Gasteiger partial charge is 0.286 e.